The summed E-state index contributed by atoms with van der Waals surface area (Å²) in [6.07, 6.45) is 11.3. The first-order chi connectivity index (χ1) is 9.42. The van der Waals surface area contributed by atoms with E-state index in [4.69, 9.17) is 0 Å². The van der Waals surface area contributed by atoms with Crippen LogP contribution >= 0.6 is 0 Å². The van der Waals surface area contributed by atoms with Crippen LogP contribution in [0.2, 0.25) is 0 Å². The zero-order valence-electron chi connectivity index (χ0n) is 11.4. The number of anilines is 1. The average molecular weight is 259 g/mol. The minimum atomic E-state index is 0.800. The Balaban J connectivity index is 1.87. The van der Waals surface area contributed by atoms with Crippen LogP contribution in [0.5, 0.6) is 0 Å². The van der Waals surface area contributed by atoms with E-state index in [0.29, 0.717) is 0 Å². The molecule has 0 saturated heterocycles. The number of aromatic nitrogens is 4. The molecule has 2 heterocycles. The van der Waals surface area contributed by atoms with E-state index in [-0.39, 0.29) is 0 Å². The van der Waals surface area contributed by atoms with Crippen LogP contribution in [-0.4, -0.2) is 26.3 Å². The van der Waals surface area contributed by atoms with Crippen LogP contribution in [-0.2, 0) is 0 Å². The van der Waals surface area contributed by atoms with Crippen molar-refractivity contribution in [2.45, 2.75) is 39.0 Å². The minimum absolute atomic E-state index is 0.800. The lowest BCUT2D eigenvalue weighted by Crippen LogP contribution is -2.07. The molecular formula is C14H21N5. The molecule has 5 nitrogen and oxygen atoms in total. The van der Waals surface area contributed by atoms with Crippen LogP contribution in [0.4, 0.5) is 5.69 Å². The normalized spacial score (nSPS) is 10.6. The monoisotopic (exact) mass is 259 g/mol. The molecule has 19 heavy (non-hydrogen) atoms. The van der Waals surface area contributed by atoms with Crippen molar-refractivity contribution in [3.8, 4) is 5.82 Å². The molecule has 0 unspecified atom stereocenters. The van der Waals surface area contributed by atoms with Gasteiger partial charge in [-0.15, -0.1) is 0 Å². The number of nitrogens with zero attached hydrogens (tertiary/aromatic N) is 4. The summed E-state index contributed by atoms with van der Waals surface area (Å²) in [5, 5.41) is 7.55. The highest BCUT2D eigenvalue weighted by atomic mass is 15.3. The molecule has 0 aliphatic rings. The second-order valence-corrected chi connectivity index (χ2v) is 4.56. The molecule has 0 bridgehead atoms. The van der Waals surface area contributed by atoms with Crippen molar-refractivity contribution >= 4 is 5.69 Å². The van der Waals surface area contributed by atoms with Gasteiger partial charge in [-0.1, -0.05) is 32.6 Å². The standard InChI is InChI=1S/C14H21N5/c1-2-3-4-5-6-9-16-13-8-7-10-17-14(13)19-12-15-11-18-19/h7-8,10-12,16H,2-6,9H2,1H3. The molecule has 0 radical (unpaired) electrons. The lowest BCUT2D eigenvalue weighted by atomic mass is 10.1. The van der Waals surface area contributed by atoms with Gasteiger partial charge < -0.3 is 5.32 Å². The molecule has 0 saturated carbocycles. The van der Waals surface area contributed by atoms with Gasteiger partial charge in [0.15, 0.2) is 5.82 Å². The van der Waals surface area contributed by atoms with E-state index in [1.807, 2.05) is 12.1 Å². The highest BCUT2D eigenvalue weighted by molar-refractivity contribution is 5.55. The van der Waals surface area contributed by atoms with Crippen LogP contribution in [0, 0.1) is 0 Å². The van der Waals surface area contributed by atoms with Crippen LogP contribution < -0.4 is 5.32 Å². The Labute approximate surface area is 114 Å². The Morgan fingerprint density at radius 3 is 2.89 bits per heavy atom. The van der Waals surface area contributed by atoms with Crippen LogP contribution in [0.15, 0.2) is 31.0 Å². The maximum absolute atomic E-state index is 4.35. The van der Waals surface area contributed by atoms with Crippen molar-refractivity contribution in [3.63, 3.8) is 0 Å². The van der Waals surface area contributed by atoms with Gasteiger partial charge in [0.2, 0.25) is 0 Å². The molecule has 0 fully saturated rings. The summed E-state index contributed by atoms with van der Waals surface area (Å²) in [6.45, 7) is 3.20. The van der Waals surface area contributed by atoms with E-state index in [9.17, 15) is 0 Å². The Kier molecular flexibility index (Phi) is 5.34. The van der Waals surface area contributed by atoms with Gasteiger partial charge in [-0.3, -0.25) is 0 Å². The molecule has 0 spiro atoms. The Morgan fingerprint density at radius 1 is 1.21 bits per heavy atom. The highest BCUT2D eigenvalue weighted by Gasteiger charge is 2.05. The SMILES string of the molecule is CCCCCCCNc1cccnc1-n1cncn1. The molecule has 2 rings (SSSR count). The zero-order valence-corrected chi connectivity index (χ0v) is 11.4. The summed E-state index contributed by atoms with van der Waals surface area (Å²) >= 11 is 0. The number of nitrogens with one attached hydrogen (secondary N) is 1. The Bertz CT molecular complexity index is 466. The van der Waals surface area contributed by atoms with Crippen molar-refractivity contribution < 1.29 is 0 Å². The predicted molar refractivity (Wildman–Crippen MR) is 76.4 cm³/mol. The number of hydrogen-bond acceptors (Lipinski definition) is 4. The molecule has 0 aliphatic heterocycles. The quantitative estimate of drug-likeness (QED) is 0.740. The van der Waals surface area contributed by atoms with Crippen molar-refractivity contribution in [2.24, 2.45) is 0 Å². The fraction of sp³-hybridized carbons (Fsp3) is 0.500. The summed E-state index contributed by atoms with van der Waals surface area (Å²) in [7, 11) is 0. The maximum Gasteiger partial charge on any atom is 0.178 e. The van der Waals surface area contributed by atoms with Crippen LogP contribution in [0.1, 0.15) is 39.0 Å². The van der Waals surface area contributed by atoms with E-state index >= 15 is 0 Å². The maximum atomic E-state index is 4.35. The summed E-state index contributed by atoms with van der Waals surface area (Å²) in [4.78, 5) is 8.30. The fourth-order valence-corrected chi connectivity index (χ4v) is 1.99. The number of pyridine rings is 1. The minimum Gasteiger partial charge on any atom is -0.382 e. The van der Waals surface area contributed by atoms with E-state index in [0.717, 1.165) is 18.1 Å². The molecule has 0 aliphatic carbocycles. The van der Waals surface area contributed by atoms with Crippen LogP contribution in [0.3, 0.4) is 0 Å². The third kappa shape index (κ3) is 4.05. The lowest BCUT2D eigenvalue weighted by Gasteiger charge is -2.10. The summed E-state index contributed by atoms with van der Waals surface area (Å²) in [5.74, 6) is 0.800. The van der Waals surface area contributed by atoms with E-state index in [1.54, 1.807) is 17.2 Å². The summed E-state index contributed by atoms with van der Waals surface area (Å²) in [5.41, 5.74) is 1.00. The lowest BCUT2D eigenvalue weighted by molar-refractivity contribution is 0.645. The molecule has 2 aromatic rings. The third-order valence-electron chi connectivity index (χ3n) is 3.02. The highest BCUT2D eigenvalue weighted by Crippen LogP contribution is 2.15. The van der Waals surface area contributed by atoms with Crippen molar-refractivity contribution in [2.75, 3.05) is 11.9 Å². The topological polar surface area (TPSA) is 55.6 Å². The van der Waals surface area contributed by atoms with Crippen LogP contribution in [0.25, 0.3) is 5.82 Å². The fourth-order valence-electron chi connectivity index (χ4n) is 1.99. The van der Waals surface area contributed by atoms with E-state index in [1.165, 1.54) is 38.4 Å². The molecule has 0 atom stereocenters. The van der Waals surface area contributed by atoms with Gasteiger partial charge in [-0.05, 0) is 18.6 Å². The van der Waals surface area contributed by atoms with Gasteiger partial charge in [0.25, 0.3) is 0 Å². The zero-order chi connectivity index (χ0) is 13.3. The summed E-state index contributed by atoms with van der Waals surface area (Å²) < 4.78 is 1.68. The average Bonchev–Trinajstić information content (AvgIpc) is 2.97. The Morgan fingerprint density at radius 2 is 2.11 bits per heavy atom. The van der Waals surface area contributed by atoms with Gasteiger partial charge in [0, 0.05) is 12.7 Å². The third-order valence-corrected chi connectivity index (χ3v) is 3.02. The largest absolute Gasteiger partial charge is 0.382 e. The second-order valence-electron chi connectivity index (χ2n) is 4.56. The smallest absolute Gasteiger partial charge is 0.178 e. The number of hydrogen-bond donors (Lipinski definition) is 1. The van der Waals surface area contributed by atoms with Crippen molar-refractivity contribution in [3.05, 3.63) is 31.0 Å². The molecule has 0 aromatic carbocycles. The van der Waals surface area contributed by atoms with Crippen molar-refractivity contribution in [1.29, 1.82) is 0 Å². The second kappa shape index (κ2) is 7.51. The number of rotatable bonds is 8. The van der Waals surface area contributed by atoms with Gasteiger partial charge in [0.05, 0.1) is 5.69 Å². The van der Waals surface area contributed by atoms with Gasteiger partial charge in [-0.2, -0.15) is 5.10 Å². The van der Waals surface area contributed by atoms with Gasteiger partial charge in [-0.25, -0.2) is 14.6 Å². The van der Waals surface area contributed by atoms with Gasteiger partial charge >= 0.3 is 0 Å². The first-order valence-corrected chi connectivity index (χ1v) is 6.95. The van der Waals surface area contributed by atoms with Crippen molar-refractivity contribution in [1.82, 2.24) is 19.7 Å². The molecule has 1 N–H and O–H groups in total. The molecule has 0 amide bonds. The number of unbranched alkanes of at least 4 members (excludes halogenated alkanes) is 4. The molecule has 5 heteroatoms. The first kappa shape index (κ1) is 13.5. The Hall–Kier alpha value is -1.91. The van der Waals surface area contributed by atoms with E-state index < -0.39 is 0 Å². The molecule has 102 valence electrons. The molecule has 2 aromatic heterocycles. The predicted octanol–water partition coefficient (Wildman–Crippen LogP) is 3.04. The molecular weight excluding hydrogens is 238 g/mol. The van der Waals surface area contributed by atoms with E-state index in [2.05, 4.69) is 27.3 Å². The van der Waals surface area contributed by atoms with Gasteiger partial charge in [0.1, 0.15) is 12.7 Å². The first-order valence-electron chi connectivity index (χ1n) is 6.95. The summed E-state index contributed by atoms with van der Waals surface area (Å²) in [6, 6.07) is 3.95.